The van der Waals surface area contributed by atoms with Crippen LogP contribution in [0.1, 0.15) is 45.4 Å². The summed E-state index contributed by atoms with van der Waals surface area (Å²) in [5.41, 5.74) is 0.823. The predicted octanol–water partition coefficient (Wildman–Crippen LogP) is 4.37. The number of nitro groups is 1. The average Bonchev–Trinajstić information content (AvgIpc) is 2.49. The first-order valence-electron chi connectivity index (χ1n) is 7.73. The van der Waals surface area contributed by atoms with Gasteiger partial charge >= 0.3 is 0 Å². The Kier molecular flexibility index (Phi) is 5.42. The van der Waals surface area contributed by atoms with Gasteiger partial charge in [0.25, 0.3) is 5.69 Å². The van der Waals surface area contributed by atoms with Crippen LogP contribution >= 0.6 is 0 Å². The Hall–Kier alpha value is -1.78. The maximum Gasteiger partial charge on any atom is 0.271 e. The van der Waals surface area contributed by atoms with E-state index in [1.807, 2.05) is 0 Å². The fourth-order valence-electron chi connectivity index (χ4n) is 3.15. The van der Waals surface area contributed by atoms with E-state index in [0.717, 1.165) is 24.4 Å². The molecule has 5 nitrogen and oxygen atoms in total. The summed E-state index contributed by atoms with van der Waals surface area (Å²) >= 11 is 0. The van der Waals surface area contributed by atoms with Crippen molar-refractivity contribution < 1.29 is 9.66 Å². The van der Waals surface area contributed by atoms with Gasteiger partial charge in [-0.1, -0.05) is 19.8 Å². The number of nitrogens with zero attached hydrogens (tertiary/aromatic N) is 1. The smallest absolute Gasteiger partial charge is 0.271 e. The van der Waals surface area contributed by atoms with Gasteiger partial charge in [-0.05, 0) is 37.7 Å². The van der Waals surface area contributed by atoms with Crippen molar-refractivity contribution in [3.8, 4) is 5.75 Å². The number of nitro benzene ring substituents is 1. The lowest BCUT2D eigenvalue weighted by Crippen LogP contribution is -2.26. The highest BCUT2D eigenvalue weighted by Gasteiger charge is 2.22. The minimum absolute atomic E-state index is 0.0953. The highest BCUT2D eigenvalue weighted by atomic mass is 16.6. The van der Waals surface area contributed by atoms with E-state index in [-0.39, 0.29) is 10.6 Å². The Morgan fingerprint density at radius 3 is 2.62 bits per heavy atom. The van der Waals surface area contributed by atoms with E-state index in [0.29, 0.717) is 11.8 Å². The van der Waals surface area contributed by atoms with E-state index in [1.54, 1.807) is 19.2 Å². The minimum Gasteiger partial charge on any atom is -0.495 e. The first-order chi connectivity index (χ1) is 10.1. The first kappa shape index (κ1) is 15.6. The quantitative estimate of drug-likeness (QED) is 0.624. The van der Waals surface area contributed by atoms with Crippen LogP contribution in [0.2, 0.25) is 0 Å². The van der Waals surface area contributed by atoms with E-state index in [4.69, 9.17) is 4.74 Å². The van der Waals surface area contributed by atoms with E-state index in [2.05, 4.69) is 12.2 Å². The molecular formula is C16H24N2O3. The molecule has 0 radical (unpaired) electrons. The summed E-state index contributed by atoms with van der Waals surface area (Å²) in [5, 5.41) is 14.3. The normalized spacial score (nSPS) is 21.8. The molecule has 5 heteroatoms. The molecule has 0 bridgehead atoms. The average molecular weight is 292 g/mol. The van der Waals surface area contributed by atoms with Gasteiger partial charge in [0.2, 0.25) is 0 Å². The summed E-state index contributed by atoms with van der Waals surface area (Å²) in [6.07, 6.45) is 7.28. The van der Waals surface area contributed by atoms with Crippen molar-refractivity contribution >= 4 is 11.4 Å². The van der Waals surface area contributed by atoms with Gasteiger partial charge in [0.15, 0.2) is 0 Å². The van der Waals surface area contributed by atoms with E-state index < -0.39 is 0 Å². The largest absolute Gasteiger partial charge is 0.495 e. The second kappa shape index (κ2) is 7.29. The van der Waals surface area contributed by atoms with Crippen molar-refractivity contribution in [3.63, 3.8) is 0 Å². The first-order valence-corrected chi connectivity index (χ1v) is 7.73. The van der Waals surface area contributed by atoms with Crippen LogP contribution in [0.5, 0.6) is 5.75 Å². The maximum atomic E-state index is 10.9. The van der Waals surface area contributed by atoms with Crippen molar-refractivity contribution in [3.05, 3.63) is 28.3 Å². The van der Waals surface area contributed by atoms with E-state index >= 15 is 0 Å². The molecule has 0 unspecified atom stereocenters. The summed E-state index contributed by atoms with van der Waals surface area (Å²) in [5.74, 6) is 1.51. The van der Waals surface area contributed by atoms with Gasteiger partial charge in [-0.25, -0.2) is 0 Å². The topological polar surface area (TPSA) is 64.4 Å². The summed E-state index contributed by atoms with van der Waals surface area (Å²) in [4.78, 5) is 10.5. The highest BCUT2D eigenvalue weighted by molar-refractivity contribution is 5.62. The molecule has 0 spiro atoms. The number of benzene rings is 1. The summed E-state index contributed by atoms with van der Waals surface area (Å²) in [7, 11) is 1.59. The van der Waals surface area contributed by atoms with Gasteiger partial charge < -0.3 is 10.1 Å². The Balaban J connectivity index is 2.02. The lowest BCUT2D eigenvalue weighted by atomic mass is 9.83. The van der Waals surface area contributed by atoms with Gasteiger partial charge in [0, 0.05) is 18.2 Å². The number of hydrogen-bond acceptors (Lipinski definition) is 4. The van der Waals surface area contributed by atoms with Crippen LogP contribution in [0, 0.1) is 16.0 Å². The Morgan fingerprint density at radius 1 is 1.33 bits per heavy atom. The SMILES string of the molecule is CCCC1CCC(Nc2cc([N+](=O)[O-])ccc2OC)CC1. The van der Waals surface area contributed by atoms with Crippen LogP contribution in [-0.2, 0) is 0 Å². The van der Waals surface area contributed by atoms with Crippen LogP contribution in [0.25, 0.3) is 0 Å². The van der Waals surface area contributed by atoms with Crippen LogP contribution in [0.3, 0.4) is 0 Å². The third-order valence-electron chi connectivity index (χ3n) is 4.30. The van der Waals surface area contributed by atoms with E-state index in [1.165, 1.54) is 31.7 Å². The van der Waals surface area contributed by atoms with Gasteiger partial charge in [-0.3, -0.25) is 10.1 Å². The fraction of sp³-hybridized carbons (Fsp3) is 0.625. The number of methoxy groups -OCH3 is 1. The third kappa shape index (κ3) is 4.09. The van der Waals surface area contributed by atoms with Gasteiger partial charge in [0.05, 0.1) is 17.7 Å². The molecule has 1 N–H and O–H groups in total. The van der Waals surface area contributed by atoms with Gasteiger partial charge in [0.1, 0.15) is 5.75 Å². The maximum absolute atomic E-state index is 10.9. The number of ether oxygens (including phenoxy) is 1. The standard InChI is InChI=1S/C16H24N2O3/c1-3-4-12-5-7-13(8-6-12)17-15-11-14(18(19)20)9-10-16(15)21-2/h9-13,17H,3-8H2,1-2H3. The van der Waals surface area contributed by atoms with Crippen molar-refractivity contribution in [2.75, 3.05) is 12.4 Å². The van der Waals surface area contributed by atoms with Crippen molar-refractivity contribution in [1.29, 1.82) is 0 Å². The third-order valence-corrected chi connectivity index (χ3v) is 4.30. The molecule has 1 saturated carbocycles. The molecule has 1 aromatic carbocycles. The van der Waals surface area contributed by atoms with E-state index in [9.17, 15) is 10.1 Å². The molecule has 1 aliphatic carbocycles. The second-order valence-electron chi connectivity index (χ2n) is 5.79. The van der Waals surface area contributed by atoms with Crippen LogP contribution in [0.4, 0.5) is 11.4 Å². The predicted molar refractivity (Wildman–Crippen MR) is 83.9 cm³/mol. The summed E-state index contributed by atoms with van der Waals surface area (Å²) in [6, 6.07) is 5.08. The zero-order valence-corrected chi connectivity index (χ0v) is 12.8. The highest BCUT2D eigenvalue weighted by Crippen LogP contribution is 2.33. The number of non-ortho nitro benzene ring substituents is 1. The van der Waals surface area contributed by atoms with Crippen molar-refractivity contribution in [2.45, 2.75) is 51.5 Å². The molecule has 0 heterocycles. The second-order valence-corrected chi connectivity index (χ2v) is 5.79. The zero-order chi connectivity index (χ0) is 15.2. The number of nitrogens with one attached hydrogen (secondary N) is 1. The lowest BCUT2D eigenvalue weighted by molar-refractivity contribution is -0.384. The molecule has 1 fully saturated rings. The number of anilines is 1. The molecule has 0 aliphatic heterocycles. The summed E-state index contributed by atoms with van der Waals surface area (Å²) in [6.45, 7) is 2.23. The Morgan fingerprint density at radius 2 is 2.05 bits per heavy atom. The minimum atomic E-state index is -0.372. The van der Waals surface area contributed by atoms with Crippen molar-refractivity contribution in [2.24, 2.45) is 5.92 Å². The fourth-order valence-corrected chi connectivity index (χ4v) is 3.15. The molecule has 116 valence electrons. The molecule has 0 atom stereocenters. The Bertz CT molecular complexity index is 482. The molecule has 0 amide bonds. The molecule has 2 rings (SSSR count). The number of hydrogen-bond donors (Lipinski definition) is 1. The van der Waals surface area contributed by atoms with Gasteiger partial charge in [-0.15, -0.1) is 0 Å². The Labute approximate surface area is 125 Å². The van der Waals surface area contributed by atoms with Crippen LogP contribution < -0.4 is 10.1 Å². The molecule has 0 saturated heterocycles. The molecule has 1 aromatic rings. The van der Waals surface area contributed by atoms with Crippen LogP contribution in [-0.4, -0.2) is 18.1 Å². The van der Waals surface area contributed by atoms with Crippen molar-refractivity contribution in [1.82, 2.24) is 0 Å². The summed E-state index contributed by atoms with van der Waals surface area (Å²) < 4.78 is 5.30. The zero-order valence-electron chi connectivity index (χ0n) is 12.8. The lowest BCUT2D eigenvalue weighted by Gasteiger charge is -2.30. The van der Waals surface area contributed by atoms with Crippen LogP contribution in [0.15, 0.2) is 18.2 Å². The molecule has 0 aromatic heterocycles. The molecule has 21 heavy (non-hydrogen) atoms. The molecular weight excluding hydrogens is 268 g/mol. The monoisotopic (exact) mass is 292 g/mol. The van der Waals surface area contributed by atoms with Gasteiger partial charge in [-0.2, -0.15) is 0 Å². The molecule has 1 aliphatic rings. The number of rotatable bonds is 6.